The van der Waals surface area contributed by atoms with Crippen molar-refractivity contribution in [2.45, 2.75) is 32.9 Å². The number of likely N-dealkylation sites (N-methyl/N-ethyl adjacent to an activating group) is 1. The van der Waals surface area contributed by atoms with E-state index < -0.39 is 34.4 Å². The summed E-state index contributed by atoms with van der Waals surface area (Å²) in [5.74, 6) is -1.30. The maximum atomic E-state index is 13.5. The molecule has 2 rings (SSSR count). The zero-order chi connectivity index (χ0) is 25.6. The lowest BCUT2D eigenvalue weighted by atomic mass is 10.1. The Morgan fingerprint density at radius 2 is 1.65 bits per heavy atom. The van der Waals surface area contributed by atoms with E-state index in [0.717, 1.165) is 10.6 Å². The highest BCUT2D eigenvalue weighted by Crippen LogP contribution is 2.28. The van der Waals surface area contributed by atoms with Crippen LogP contribution in [0.3, 0.4) is 0 Å². The summed E-state index contributed by atoms with van der Waals surface area (Å²) >= 11 is 12.6. The molecular formula is C23H27Cl2N3O5S. The molecule has 0 aliphatic rings. The summed E-state index contributed by atoms with van der Waals surface area (Å²) in [5, 5.41) is 3.16. The van der Waals surface area contributed by atoms with Gasteiger partial charge in [-0.15, -0.1) is 0 Å². The Balaban J connectivity index is 2.52. The van der Waals surface area contributed by atoms with Gasteiger partial charge in [0.05, 0.1) is 11.9 Å². The van der Waals surface area contributed by atoms with E-state index in [1.54, 1.807) is 31.2 Å². The van der Waals surface area contributed by atoms with Gasteiger partial charge in [-0.05, 0) is 37.6 Å². The van der Waals surface area contributed by atoms with E-state index in [1.807, 2.05) is 0 Å². The summed E-state index contributed by atoms with van der Waals surface area (Å²) in [6.45, 7) is 2.41. The number of nitrogens with zero attached hydrogens (tertiary/aromatic N) is 2. The van der Waals surface area contributed by atoms with E-state index in [0.29, 0.717) is 21.2 Å². The van der Waals surface area contributed by atoms with Crippen molar-refractivity contribution in [1.82, 2.24) is 10.2 Å². The Kier molecular flexibility index (Phi) is 9.49. The minimum Gasteiger partial charge on any atom is -0.357 e. The number of amides is 2. The largest absolute Gasteiger partial charge is 0.357 e. The number of hydrogen-bond donors (Lipinski definition) is 1. The molecule has 0 spiro atoms. The van der Waals surface area contributed by atoms with Crippen molar-refractivity contribution >= 4 is 56.5 Å². The van der Waals surface area contributed by atoms with Gasteiger partial charge < -0.3 is 10.2 Å². The third-order valence-electron chi connectivity index (χ3n) is 5.24. The molecule has 1 atom stereocenters. The summed E-state index contributed by atoms with van der Waals surface area (Å²) in [6, 6.07) is 9.98. The SMILES string of the molecule is CCC(C(=O)NC)N(Cc1c(Cl)cccc1Cl)C(=O)CN(c1cccc(C(C)=O)c1)S(C)(=O)=O. The lowest BCUT2D eigenvalue weighted by molar-refractivity contribution is -0.140. The number of anilines is 1. The predicted molar refractivity (Wildman–Crippen MR) is 134 cm³/mol. The number of hydrogen-bond acceptors (Lipinski definition) is 5. The number of carbonyl (C=O) groups excluding carboxylic acids is 3. The van der Waals surface area contributed by atoms with Crippen molar-refractivity contribution in [3.63, 3.8) is 0 Å². The molecule has 1 unspecified atom stereocenters. The molecule has 0 saturated carbocycles. The van der Waals surface area contributed by atoms with Gasteiger partial charge in [0, 0.05) is 34.8 Å². The van der Waals surface area contributed by atoms with Crippen LogP contribution in [0.15, 0.2) is 42.5 Å². The first kappa shape index (κ1) is 27.6. The van der Waals surface area contributed by atoms with Gasteiger partial charge in [0.25, 0.3) is 0 Å². The molecule has 1 N–H and O–H groups in total. The average molecular weight is 528 g/mol. The van der Waals surface area contributed by atoms with E-state index in [1.165, 1.54) is 37.1 Å². The van der Waals surface area contributed by atoms with E-state index in [2.05, 4.69) is 5.32 Å². The second-order valence-corrected chi connectivity index (χ2v) is 10.4. The summed E-state index contributed by atoms with van der Waals surface area (Å²) < 4.78 is 26.1. The fourth-order valence-corrected chi connectivity index (χ4v) is 4.79. The molecule has 0 saturated heterocycles. The number of rotatable bonds is 10. The second kappa shape index (κ2) is 11.7. The molecule has 0 fully saturated rings. The molecule has 11 heteroatoms. The number of halogens is 2. The molecule has 0 aliphatic carbocycles. The smallest absolute Gasteiger partial charge is 0.244 e. The Labute approximate surface area is 209 Å². The van der Waals surface area contributed by atoms with Crippen LogP contribution in [0.5, 0.6) is 0 Å². The Bertz CT molecular complexity index is 1170. The van der Waals surface area contributed by atoms with Crippen LogP contribution in [-0.4, -0.2) is 56.8 Å². The standard InChI is InChI=1S/C23H27Cl2N3O5S/c1-5-21(23(31)26-3)27(13-18-19(24)10-7-11-20(18)25)22(30)14-28(34(4,32)33)17-9-6-8-16(12-17)15(2)29/h6-12,21H,5,13-14H2,1-4H3,(H,26,31). The summed E-state index contributed by atoms with van der Waals surface area (Å²) in [5.41, 5.74) is 0.897. The monoisotopic (exact) mass is 527 g/mol. The van der Waals surface area contributed by atoms with Crippen LogP contribution in [0.25, 0.3) is 0 Å². The first-order chi connectivity index (χ1) is 15.9. The van der Waals surface area contributed by atoms with Crippen LogP contribution >= 0.6 is 23.2 Å². The fraction of sp³-hybridized carbons (Fsp3) is 0.348. The molecule has 0 bridgehead atoms. The van der Waals surface area contributed by atoms with Crippen molar-refractivity contribution in [3.05, 3.63) is 63.6 Å². The van der Waals surface area contributed by atoms with E-state index in [9.17, 15) is 22.8 Å². The Hall–Kier alpha value is -2.62. The van der Waals surface area contributed by atoms with E-state index in [-0.39, 0.29) is 24.4 Å². The molecule has 2 aromatic rings. The molecule has 0 aliphatic heterocycles. The van der Waals surface area contributed by atoms with Crippen molar-refractivity contribution in [3.8, 4) is 0 Å². The van der Waals surface area contributed by atoms with E-state index >= 15 is 0 Å². The molecule has 184 valence electrons. The Morgan fingerprint density at radius 3 is 2.15 bits per heavy atom. The molecule has 0 aromatic heterocycles. The van der Waals surface area contributed by atoms with Gasteiger partial charge in [-0.3, -0.25) is 18.7 Å². The number of ketones is 1. The number of benzene rings is 2. The van der Waals surface area contributed by atoms with Gasteiger partial charge in [-0.2, -0.15) is 0 Å². The van der Waals surface area contributed by atoms with Gasteiger partial charge >= 0.3 is 0 Å². The molecule has 34 heavy (non-hydrogen) atoms. The van der Waals surface area contributed by atoms with Gasteiger partial charge in [-0.25, -0.2) is 8.42 Å². The van der Waals surface area contributed by atoms with Crippen molar-refractivity contribution < 1.29 is 22.8 Å². The minimum absolute atomic E-state index is 0.103. The summed E-state index contributed by atoms with van der Waals surface area (Å²) in [6.07, 6.45) is 1.23. The maximum Gasteiger partial charge on any atom is 0.244 e. The molecule has 0 radical (unpaired) electrons. The van der Waals surface area contributed by atoms with Crippen LogP contribution < -0.4 is 9.62 Å². The van der Waals surface area contributed by atoms with Gasteiger partial charge in [0.15, 0.2) is 5.78 Å². The minimum atomic E-state index is -3.91. The highest BCUT2D eigenvalue weighted by atomic mass is 35.5. The number of nitrogens with one attached hydrogen (secondary N) is 1. The lowest BCUT2D eigenvalue weighted by Crippen LogP contribution is -2.51. The quantitative estimate of drug-likeness (QED) is 0.476. The van der Waals surface area contributed by atoms with E-state index in [4.69, 9.17) is 23.2 Å². The normalized spacial score (nSPS) is 12.1. The third-order valence-corrected chi connectivity index (χ3v) is 7.09. The van der Waals surface area contributed by atoms with Gasteiger partial charge in [0.1, 0.15) is 12.6 Å². The molecule has 0 heterocycles. The Morgan fingerprint density at radius 1 is 1.06 bits per heavy atom. The third kappa shape index (κ3) is 6.71. The van der Waals surface area contributed by atoms with Crippen LogP contribution in [0.4, 0.5) is 5.69 Å². The number of carbonyl (C=O) groups is 3. The maximum absolute atomic E-state index is 13.5. The van der Waals surface area contributed by atoms with Crippen LogP contribution in [0, 0.1) is 0 Å². The van der Waals surface area contributed by atoms with Crippen molar-refractivity contribution in [2.24, 2.45) is 0 Å². The predicted octanol–water partition coefficient (Wildman–Crippen LogP) is 3.52. The van der Waals surface area contributed by atoms with Crippen molar-refractivity contribution in [2.75, 3.05) is 24.2 Å². The highest BCUT2D eigenvalue weighted by molar-refractivity contribution is 7.92. The number of Topliss-reactive ketones (excluding diaryl/α,β-unsaturated/α-hetero) is 1. The zero-order valence-corrected chi connectivity index (χ0v) is 21.7. The van der Waals surface area contributed by atoms with Crippen LogP contribution in [0.2, 0.25) is 10.0 Å². The van der Waals surface area contributed by atoms with Gasteiger partial charge in [-0.1, -0.05) is 48.3 Å². The molecular weight excluding hydrogens is 501 g/mol. The summed E-state index contributed by atoms with van der Waals surface area (Å²) in [7, 11) is -2.46. The molecule has 2 aromatic carbocycles. The first-order valence-electron chi connectivity index (χ1n) is 10.4. The van der Waals surface area contributed by atoms with Crippen LogP contribution in [-0.2, 0) is 26.2 Å². The lowest BCUT2D eigenvalue weighted by Gasteiger charge is -2.33. The second-order valence-electron chi connectivity index (χ2n) is 7.64. The first-order valence-corrected chi connectivity index (χ1v) is 13.0. The number of sulfonamides is 1. The topological polar surface area (TPSA) is 104 Å². The highest BCUT2D eigenvalue weighted by Gasteiger charge is 2.32. The average Bonchev–Trinajstić information content (AvgIpc) is 2.78. The van der Waals surface area contributed by atoms with Gasteiger partial charge in [0.2, 0.25) is 21.8 Å². The molecule has 2 amide bonds. The fourth-order valence-electron chi connectivity index (χ4n) is 3.43. The van der Waals surface area contributed by atoms with Crippen molar-refractivity contribution in [1.29, 1.82) is 0 Å². The summed E-state index contributed by atoms with van der Waals surface area (Å²) in [4.78, 5) is 39.2. The zero-order valence-electron chi connectivity index (χ0n) is 19.3. The van der Waals surface area contributed by atoms with Crippen LogP contribution in [0.1, 0.15) is 36.2 Å². The molecule has 8 nitrogen and oxygen atoms in total.